The number of hydrogen-bond donors (Lipinski definition) is 2. The minimum absolute atomic E-state index is 0.0100. The van der Waals surface area contributed by atoms with Crippen LogP contribution in [0.3, 0.4) is 0 Å². The molecule has 0 saturated heterocycles. The minimum Gasteiger partial charge on any atom is -0.481 e. The van der Waals surface area contributed by atoms with Crippen LogP contribution < -0.4 is 0 Å². The second-order valence-corrected chi connectivity index (χ2v) is 10.1. The first-order valence-corrected chi connectivity index (χ1v) is 10.2. The fourth-order valence-electron chi connectivity index (χ4n) is 8.11. The molecule has 0 radical (unpaired) electrons. The van der Waals surface area contributed by atoms with Gasteiger partial charge in [-0.25, -0.2) is 0 Å². The molecular formula is C22H32O4. The van der Waals surface area contributed by atoms with E-state index in [-0.39, 0.29) is 41.3 Å². The molecule has 0 heterocycles. The van der Waals surface area contributed by atoms with Crippen LogP contribution in [-0.2, 0) is 9.59 Å². The maximum absolute atomic E-state index is 13.1. The van der Waals surface area contributed by atoms with E-state index in [1.165, 1.54) is 5.57 Å². The van der Waals surface area contributed by atoms with E-state index in [2.05, 4.69) is 33.8 Å². The van der Waals surface area contributed by atoms with Gasteiger partial charge in [0.25, 0.3) is 0 Å². The first kappa shape index (κ1) is 18.2. The molecule has 144 valence electrons. The number of carboxylic acids is 1. The molecule has 0 spiro atoms. The quantitative estimate of drug-likeness (QED) is 0.737. The zero-order chi connectivity index (χ0) is 19.0. The van der Waals surface area contributed by atoms with E-state index in [9.17, 15) is 19.8 Å². The summed E-state index contributed by atoms with van der Waals surface area (Å²) in [6.07, 6.45) is 4.99. The average Bonchev–Trinajstić information content (AvgIpc) is 2.75. The number of hydrogen-bond acceptors (Lipinski definition) is 3. The molecular weight excluding hydrogens is 328 g/mol. The standard InChI is InChI=1S/C22H32O4/c1-11-5-8-15-13(9-17(24)25)20(26)21(3)10-16(23)18-12(2)6-7-14(11)22(15,4)19(18)21/h6,11,13-15,18-20,26H,5,7-10H2,1-4H3,(H,24,25). The van der Waals surface area contributed by atoms with Crippen molar-refractivity contribution in [2.24, 2.45) is 46.3 Å². The van der Waals surface area contributed by atoms with Crippen LogP contribution >= 0.6 is 0 Å². The van der Waals surface area contributed by atoms with Crippen molar-refractivity contribution in [1.82, 2.24) is 0 Å². The highest BCUT2D eigenvalue weighted by molar-refractivity contribution is 5.88. The van der Waals surface area contributed by atoms with Gasteiger partial charge in [-0.15, -0.1) is 0 Å². The molecule has 0 aliphatic heterocycles. The Morgan fingerprint density at radius 3 is 2.62 bits per heavy atom. The lowest BCUT2D eigenvalue weighted by Crippen LogP contribution is -2.63. The summed E-state index contributed by atoms with van der Waals surface area (Å²) < 4.78 is 0. The highest BCUT2D eigenvalue weighted by Crippen LogP contribution is 2.72. The van der Waals surface area contributed by atoms with Gasteiger partial charge in [-0.3, -0.25) is 9.59 Å². The maximum Gasteiger partial charge on any atom is 0.303 e. The van der Waals surface area contributed by atoms with Crippen LogP contribution in [0.4, 0.5) is 0 Å². The van der Waals surface area contributed by atoms with Crippen molar-refractivity contribution in [3.05, 3.63) is 11.6 Å². The molecule has 9 atom stereocenters. The largest absolute Gasteiger partial charge is 0.481 e. The predicted octanol–water partition coefficient (Wildman–Crippen LogP) is 3.68. The third-order valence-electron chi connectivity index (χ3n) is 9.03. The molecule has 3 saturated carbocycles. The lowest BCUT2D eigenvalue weighted by molar-refractivity contribution is -0.211. The lowest BCUT2D eigenvalue weighted by atomic mass is 9.40. The van der Waals surface area contributed by atoms with Crippen molar-refractivity contribution in [3.63, 3.8) is 0 Å². The summed E-state index contributed by atoms with van der Waals surface area (Å²) >= 11 is 0. The van der Waals surface area contributed by atoms with E-state index >= 15 is 0 Å². The van der Waals surface area contributed by atoms with Crippen LogP contribution in [0.2, 0.25) is 0 Å². The number of allylic oxidation sites excluding steroid dienone is 2. The van der Waals surface area contributed by atoms with Crippen LogP contribution in [0.15, 0.2) is 11.6 Å². The summed E-state index contributed by atoms with van der Waals surface area (Å²) in [5.41, 5.74) is 0.577. The van der Waals surface area contributed by atoms with Crippen molar-refractivity contribution < 1.29 is 19.8 Å². The summed E-state index contributed by atoms with van der Waals surface area (Å²) in [7, 11) is 0. The van der Waals surface area contributed by atoms with Gasteiger partial charge in [0, 0.05) is 17.8 Å². The molecule has 0 aromatic heterocycles. The fourth-order valence-corrected chi connectivity index (χ4v) is 8.11. The first-order chi connectivity index (χ1) is 12.1. The molecule has 3 fully saturated rings. The molecule has 4 nitrogen and oxygen atoms in total. The summed E-state index contributed by atoms with van der Waals surface area (Å²) in [5.74, 6) is 0.403. The van der Waals surface area contributed by atoms with Gasteiger partial charge in [-0.05, 0) is 54.8 Å². The summed E-state index contributed by atoms with van der Waals surface area (Å²) in [5, 5.41) is 20.9. The highest BCUT2D eigenvalue weighted by atomic mass is 16.4. The number of aliphatic hydroxyl groups is 1. The third kappa shape index (κ3) is 2.11. The predicted molar refractivity (Wildman–Crippen MR) is 98.3 cm³/mol. The van der Waals surface area contributed by atoms with Crippen LogP contribution in [0.25, 0.3) is 0 Å². The highest BCUT2D eigenvalue weighted by Gasteiger charge is 2.71. The Morgan fingerprint density at radius 2 is 1.96 bits per heavy atom. The Labute approximate surface area is 156 Å². The second kappa shape index (κ2) is 5.67. The number of carbonyl (C=O) groups excluding carboxylic acids is 1. The SMILES string of the molecule is CC1=CCC2C(C)CCC3C(CC(=O)O)C(O)C4(C)CC(=O)C1C4C23C. The Balaban J connectivity index is 1.92. The molecule has 4 rings (SSSR count). The Hall–Kier alpha value is -1.16. The molecule has 4 heteroatoms. The first-order valence-electron chi connectivity index (χ1n) is 10.2. The number of aliphatic carboxylic acids is 1. The normalized spacial score (nSPS) is 52.9. The summed E-state index contributed by atoms with van der Waals surface area (Å²) in [6, 6.07) is 0. The van der Waals surface area contributed by atoms with Crippen LogP contribution in [-0.4, -0.2) is 28.1 Å². The van der Waals surface area contributed by atoms with Gasteiger partial charge >= 0.3 is 5.97 Å². The number of rotatable bonds is 2. The molecule has 0 aromatic carbocycles. The molecule has 0 aromatic rings. The fraction of sp³-hybridized carbons (Fsp3) is 0.818. The smallest absolute Gasteiger partial charge is 0.303 e. The number of ketones is 1. The molecule has 4 aliphatic carbocycles. The van der Waals surface area contributed by atoms with Crippen LogP contribution in [0.1, 0.15) is 59.8 Å². The van der Waals surface area contributed by atoms with E-state index in [1.807, 2.05) is 0 Å². The number of carbonyl (C=O) groups is 2. The maximum atomic E-state index is 13.1. The van der Waals surface area contributed by atoms with Gasteiger partial charge in [0.1, 0.15) is 5.78 Å². The zero-order valence-electron chi connectivity index (χ0n) is 16.4. The number of aliphatic hydroxyl groups excluding tert-OH is 1. The molecule has 0 amide bonds. The number of carboxylic acid groups (broad SMARTS) is 1. The van der Waals surface area contributed by atoms with Crippen molar-refractivity contribution in [2.45, 2.75) is 65.9 Å². The van der Waals surface area contributed by atoms with Gasteiger partial charge < -0.3 is 10.2 Å². The molecule has 9 unspecified atom stereocenters. The third-order valence-corrected chi connectivity index (χ3v) is 9.03. The number of Topliss-reactive ketones (excluding diaryl/α,β-unsaturated/α-hetero) is 1. The Kier molecular flexibility index (Phi) is 3.97. The lowest BCUT2D eigenvalue weighted by Gasteiger charge is -2.65. The van der Waals surface area contributed by atoms with Gasteiger partial charge in [-0.2, -0.15) is 0 Å². The van der Waals surface area contributed by atoms with E-state index in [1.54, 1.807) is 0 Å². The van der Waals surface area contributed by atoms with E-state index in [0.717, 1.165) is 19.3 Å². The molecule has 2 N–H and O–H groups in total. The van der Waals surface area contributed by atoms with Gasteiger partial charge in [0.05, 0.1) is 12.5 Å². The topological polar surface area (TPSA) is 74.6 Å². The molecule has 4 aliphatic rings. The van der Waals surface area contributed by atoms with Crippen molar-refractivity contribution in [1.29, 1.82) is 0 Å². The monoisotopic (exact) mass is 360 g/mol. The van der Waals surface area contributed by atoms with Crippen molar-refractivity contribution in [3.8, 4) is 0 Å². The van der Waals surface area contributed by atoms with E-state index in [0.29, 0.717) is 18.3 Å². The minimum atomic E-state index is -0.835. The van der Waals surface area contributed by atoms with Crippen LogP contribution in [0.5, 0.6) is 0 Å². The Bertz CT molecular complexity index is 682. The summed E-state index contributed by atoms with van der Waals surface area (Å²) in [4.78, 5) is 24.7. The van der Waals surface area contributed by atoms with E-state index in [4.69, 9.17) is 0 Å². The summed E-state index contributed by atoms with van der Waals surface area (Å²) in [6.45, 7) is 8.80. The van der Waals surface area contributed by atoms with Crippen LogP contribution in [0, 0.1) is 46.3 Å². The van der Waals surface area contributed by atoms with Gasteiger partial charge in [0.2, 0.25) is 0 Å². The van der Waals surface area contributed by atoms with Gasteiger partial charge in [-0.1, -0.05) is 38.8 Å². The van der Waals surface area contributed by atoms with E-state index < -0.39 is 17.5 Å². The average molecular weight is 360 g/mol. The Morgan fingerprint density at radius 1 is 1.27 bits per heavy atom. The zero-order valence-corrected chi connectivity index (χ0v) is 16.4. The van der Waals surface area contributed by atoms with Gasteiger partial charge in [0.15, 0.2) is 0 Å². The molecule has 0 bridgehead atoms. The van der Waals surface area contributed by atoms with Crippen molar-refractivity contribution in [2.75, 3.05) is 0 Å². The molecule has 26 heavy (non-hydrogen) atoms. The van der Waals surface area contributed by atoms with Crippen molar-refractivity contribution >= 4 is 11.8 Å². The second-order valence-electron chi connectivity index (χ2n) is 10.1.